The predicted octanol–water partition coefficient (Wildman–Crippen LogP) is 2.38. The van der Waals surface area contributed by atoms with Crippen LogP contribution in [0.15, 0.2) is 24.3 Å². The van der Waals surface area contributed by atoms with Gasteiger partial charge in [0.05, 0.1) is 0 Å². The van der Waals surface area contributed by atoms with E-state index < -0.39 is 0 Å². The SMILES string of the molecule is C[C@@H](N)c1ccc(N2CCN3CCCCC3C2)cc1. The van der Waals surface area contributed by atoms with Gasteiger partial charge in [-0.05, 0) is 44.0 Å². The van der Waals surface area contributed by atoms with E-state index in [4.69, 9.17) is 5.73 Å². The Balaban J connectivity index is 1.69. The van der Waals surface area contributed by atoms with E-state index in [1.54, 1.807) is 0 Å². The second-order valence-electron chi connectivity index (χ2n) is 6.01. The summed E-state index contributed by atoms with van der Waals surface area (Å²) in [4.78, 5) is 5.22. The number of nitrogens with two attached hydrogens (primary N) is 1. The standard InChI is InChI=1S/C16H25N3/c1-13(17)14-5-7-15(8-6-14)19-11-10-18-9-3-2-4-16(18)12-19/h5-8,13,16H,2-4,9-12,17H2,1H3/t13-,16?/m1/s1. The molecule has 1 aromatic carbocycles. The second-order valence-corrected chi connectivity index (χ2v) is 6.01. The fourth-order valence-corrected chi connectivity index (χ4v) is 3.38. The number of fused-ring (bicyclic) bond motifs is 1. The van der Waals surface area contributed by atoms with E-state index in [0.717, 1.165) is 12.6 Å². The van der Waals surface area contributed by atoms with Gasteiger partial charge in [-0.1, -0.05) is 18.6 Å². The number of hydrogen-bond donors (Lipinski definition) is 1. The maximum atomic E-state index is 5.91. The summed E-state index contributed by atoms with van der Waals surface area (Å²) in [5.74, 6) is 0. The van der Waals surface area contributed by atoms with Gasteiger partial charge in [-0.2, -0.15) is 0 Å². The zero-order valence-electron chi connectivity index (χ0n) is 11.9. The van der Waals surface area contributed by atoms with E-state index in [0.29, 0.717) is 0 Å². The molecule has 104 valence electrons. The van der Waals surface area contributed by atoms with Crippen LogP contribution in [-0.4, -0.2) is 37.1 Å². The minimum atomic E-state index is 0.129. The van der Waals surface area contributed by atoms with Crippen LogP contribution in [0.3, 0.4) is 0 Å². The number of hydrogen-bond acceptors (Lipinski definition) is 3. The van der Waals surface area contributed by atoms with Crippen molar-refractivity contribution in [3.05, 3.63) is 29.8 Å². The van der Waals surface area contributed by atoms with Crippen molar-refractivity contribution < 1.29 is 0 Å². The second kappa shape index (κ2) is 5.51. The molecule has 2 N–H and O–H groups in total. The monoisotopic (exact) mass is 259 g/mol. The van der Waals surface area contributed by atoms with Crippen LogP contribution < -0.4 is 10.6 Å². The highest BCUT2D eigenvalue weighted by molar-refractivity contribution is 5.48. The smallest absolute Gasteiger partial charge is 0.0367 e. The van der Waals surface area contributed by atoms with Gasteiger partial charge in [-0.3, -0.25) is 4.90 Å². The van der Waals surface area contributed by atoms with Crippen molar-refractivity contribution in [1.82, 2.24) is 4.90 Å². The molecule has 3 rings (SSSR count). The Hall–Kier alpha value is -1.06. The topological polar surface area (TPSA) is 32.5 Å². The Bertz CT molecular complexity index is 413. The normalized spacial score (nSPS) is 26.0. The number of anilines is 1. The van der Waals surface area contributed by atoms with Gasteiger partial charge in [-0.15, -0.1) is 0 Å². The van der Waals surface area contributed by atoms with Gasteiger partial charge in [0, 0.05) is 37.4 Å². The minimum Gasteiger partial charge on any atom is -0.369 e. The predicted molar refractivity (Wildman–Crippen MR) is 80.5 cm³/mol. The Kier molecular flexibility index (Phi) is 3.76. The summed E-state index contributed by atoms with van der Waals surface area (Å²) in [6.45, 7) is 6.92. The molecular weight excluding hydrogens is 234 g/mol. The fraction of sp³-hybridized carbons (Fsp3) is 0.625. The molecule has 0 radical (unpaired) electrons. The van der Waals surface area contributed by atoms with Gasteiger partial charge in [-0.25, -0.2) is 0 Å². The van der Waals surface area contributed by atoms with E-state index in [1.165, 1.54) is 50.1 Å². The average molecular weight is 259 g/mol. The summed E-state index contributed by atoms with van der Waals surface area (Å²) >= 11 is 0. The molecule has 2 aliphatic rings. The Morgan fingerprint density at radius 1 is 1.11 bits per heavy atom. The lowest BCUT2D eigenvalue weighted by Gasteiger charge is -2.45. The summed E-state index contributed by atoms with van der Waals surface area (Å²) in [5, 5.41) is 0. The molecule has 3 heteroatoms. The van der Waals surface area contributed by atoms with Crippen LogP contribution in [0, 0.1) is 0 Å². The Morgan fingerprint density at radius 2 is 1.89 bits per heavy atom. The molecule has 1 aromatic rings. The van der Waals surface area contributed by atoms with Gasteiger partial charge in [0.2, 0.25) is 0 Å². The third kappa shape index (κ3) is 2.77. The first-order chi connectivity index (χ1) is 9.24. The van der Waals surface area contributed by atoms with Crippen LogP contribution >= 0.6 is 0 Å². The number of piperazine rings is 1. The van der Waals surface area contributed by atoms with Crippen molar-refractivity contribution in [2.75, 3.05) is 31.1 Å². The minimum absolute atomic E-state index is 0.129. The van der Waals surface area contributed by atoms with Crippen LogP contribution in [0.2, 0.25) is 0 Å². The number of nitrogens with zero attached hydrogens (tertiary/aromatic N) is 2. The number of piperidine rings is 1. The zero-order chi connectivity index (χ0) is 13.2. The van der Waals surface area contributed by atoms with E-state index in [2.05, 4.69) is 34.1 Å². The highest BCUT2D eigenvalue weighted by atomic mass is 15.3. The van der Waals surface area contributed by atoms with Crippen molar-refractivity contribution in [2.45, 2.75) is 38.3 Å². The van der Waals surface area contributed by atoms with Crippen molar-refractivity contribution in [3.63, 3.8) is 0 Å². The van der Waals surface area contributed by atoms with Gasteiger partial charge >= 0.3 is 0 Å². The third-order valence-electron chi connectivity index (χ3n) is 4.62. The number of benzene rings is 1. The van der Waals surface area contributed by atoms with Crippen LogP contribution in [0.5, 0.6) is 0 Å². The van der Waals surface area contributed by atoms with Crippen molar-refractivity contribution in [2.24, 2.45) is 5.73 Å². The summed E-state index contributed by atoms with van der Waals surface area (Å²) < 4.78 is 0. The van der Waals surface area contributed by atoms with Gasteiger partial charge in [0.25, 0.3) is 0 Å². The van der Waals surface area contributed by atoms with Crippen LogP contribution in [0.25, 0.3) is 0 Å². The maximum Gasteiger partial charge on any atom is 0.0367 e. The molecule has 2 fully saturated rings. The fourth-order valence-electron chi connectivity index (χ4n) is 3.38. The van der Waals surface area contributed by atoms with E-state index >= 15 is 0 Å². The molecule has 0 spiro atoms. The summed E-state index contributed by atoms with van der Waals surface area (Å²) in [6.07, 6.45) is 4.16. The Labute approximate surface area is 116 Å². The molecule has 1 unspecified atom stereocenters. The van der Waals surface area contributed by atoms with Gasteiger partial charge in [0.1, 0.15) is 0 Å². The first kappa shape index (κ1) is 12.9. The van der Waals surface area contributed by atoms with Crippen LogP contribution in [0.1, 0.15) is 37.8 Å². The molecule has 0 saturated carbocycles. The molecule has 2 heterocycles. The molecule has 0 aromatic heterocycles. The lowest BCUT2D eigenvalue weighted by Crippen LogP contribution is -2.54. The quantitative estimate of drug-likeness (QED) is 0.885. The van der Waals surface area contributed by atoms with Crippen LogP contribution in [0.4, 0.5) is 5.69 Å². The molecule has 3 nitrogen and oxygen atoms in total. The molecule has 0 aliphatic carbocycles. The van der Waals surface area contributed by atoms with Crippen molar-refractivity contribution >= 4 is 5.69 Å². The third-order valence-corrected chi connectivity index (χ3v) is 4.62. The van der Waals surface area contributed by atoms with E-state index in [1.807, 2.05) is 6.92 Å². The largest absolute Gasteiger partial charge is 0.369 e. The van der Waals surface area contributed by atoms with Gasteiger partial charge in [0.15, 0.2) is 0 Å². The highest BCUT2D eigenvalue weighted by Crippen LogP contribution is 2.25. The molecular formula is C16H25N3. The van der Waals surface area contributed by atoms with Crippen LogP contribution in [-0.2, 0) is 0 Å². The first-order valence-corrected chi connectivity index (χ1v) is 7.58. The first-order valence-electron chi connectivity index (χ1n) is 7.58. The lowest BCUT2D eigenvalue weighted by atomic mass is 9.99. The van der Waals surface area contributed by atoms with Crippen molar-refractivity contribution in [1.29, 1.82) is 0 Å². The summed E-state index contributed by atoms with van der Waals surface area (Å²) in [5.41, 5.74) is 8.49. The van der Waals surface area contributed by atoms with Gasteiger partial charge < -0.3 is 10.6 Å². The Morgan fingerprint density at radius 3 is 2.63 bits per heavy atom. The molecule has 2 atom stereocenters. The molecule has 2 aliphatic heterocycles. The summed E-state index contributed by atoms with van der Waals surface area (Å²) in [7, 11) is 0. The lowest BCUT2D eigenvalue weighted by molar-refractivity contribution is 0.133. The highest BCUT2D eigenvalue weighted by Gasteiger charge is 2.28. The molecule has 0 bridgehead atoms. The van der Waals surface area contributed by atoms with Crippen molar-refractivity contribution in [3.8, 4) is 0 Å². The molecule has 2 saturated heterocycles. The molecule has 0 amide bonds. The zero-order valence-corrected chi connectivity index (χ0v) is 11.9. The maximum absolute atomic E-state index is 5.91. The number of rotatable bonds is 2. The molecule has 19 heavy (non-hydrogen) atoms. The average Bonchev–Trinajstić information content (AvgIpc) is 2.47. The van der Waals surface area contributed by atoms with E-state index in [9.17, 15) is 0 Å². The summed E-state index contributed by atoms with van der Waals surface area (Å²) in [6, 6.07) is 9.72. The van der Waals surface area contributed by atoms with E-state index in [-0.39, 0.29) is 6.04 Å².